The van der Waals surface area contributed by atoms with Gasteiger partial charge in [-0.2, -0.15) is 5.26 Å². The maximum Gasteiger partial charge on any atom is 0.0991 e. The number of nitrogens with zero attached hydrogens (tertiary/aromatic N) is 1. The molecular weight excluding hydrogens is 206 g/mol. The van der Waals surface area contributed by atoms with E-state index in [4.69, 9.17) is 5.26 Å². The minimum atomic E-state index is 0.0832. The first kappa shape index (κ1) is 11.7. The van der Waals surface area contributed by atoms with Gasteiger partial charge in [-0.25, -0.2) is 0 Å². The number of rotatable bonds is 3. The van der Waals surface area contributed by atoms with Gasteiger partial charge in [0.15, 0.2) is 0 Å². The Kier molecular flexibility index (Phi) is 2.90. The fourth-order valence-corrected chi connectivity index (χ4v) is 2.65. The second-order valence-corrected chi connectivity index (χ2v) is 5.01. The van der Waals surface area contributed by atoms with Crippen LogP contribution in [0.2, 0.25) is 0 Å². The van der Waals surface area contributed by atoms with Crippen molar-refractivity contribution in [1.29, 1.82) is 5.26 Å². The summed E-state index contributed by atoms with van der Waals surface area (Å²) in [7, 11) is 0. The van der Waals surface area contributed by atoms with Crippen LogP contribution >= 0.6 is 0 Å². The van der Waals surface area contributed by atoms with Gasteiger partial charge in [0.25, 0.3) is 0 Å². The fourth-order valence-electron chi connectivity index (χ4n) is 2.65. The highest BCUT2D eigenvalue weighted by Gasteiger charge is 2.41. The molecule has 1 aromatic rings. The van der Waals surface area contributed by atoms with Gasteiger partial charge in [-0.1, -0.05) is 29.9 Å². The molecule has 1 aromatic carbocycles. The van der Waals surface area contributed by atoms with Crippen LogP contribution in [0.1, 0.15) is 37.3 Å². The first-order valence-electron chi connectivity index (χ1n) is 5.92. The molecule has 0 amide bonds. The minimum absolute atomic E-state index is 0.0832. The summed E-state index contributed by atoms with van der Waals surface area (Å²) in [5, 5.41) is 8.82. The highest BCUT2D eigenvalue weighted by Crippen LogP contribution is 2.51. The highest BCUT2D eigenvalue weighted by atomic mass is 14.4. The predicted octanol–water partition coefficient (Wildman–Crippen LogP) is 4.11. The third-order valence-corrected chi connectivity index (χ3v) is 3.70. The van der Waals surface area contributed by atoms with Gasteiger partial charge < -0.3 is 0 Å². The lowest BCUT2D eigenvalue weighted by Crippen LogP contribution is -2.36. The Bertz CT molecular complexity index is 501. The van der Waals surface area contributed by atoms with Crippen molar-refractivity contribution >= 4 is 0 Å². The molecule has 0 spiro atoms. The molecule has 1 heteroatoms. The van der Waals surface area contributed by atoms with Crippen LogP contribution < -0.4 is 0 Å². The van der Waals surface area contributed by atoms with E-state index in [1.54, 1.807) is 0 Å². The average molecular weight is 223 g/mol. The van der Waals surface area contributed by atoms with E-state index in [0.29, 0.717) is 5.56 Å². The van der Waals surface area contributed by atoms with E-state index in [-0.39, 0.29) is 5.41 Å². The molecule has 1 nitrogen and oxygen atoms in total. The van der Waals surface area contributed by atoms with Crippen LogP contribution in [0, 0.1) is 11.3 Å². The van der Waals surface area contributed by atoms with Gasteiger partial charge in [-0.05, 0) is 43.9 Å². The third-order valence-electron chi connectivity index (χ3n) is 3.70. The Balaban J connectivity index is 2.37. The first-order valence-corrected chi connectivity index (χ1v) is 5.92. The molecule has 1 aliphatic rings. The lowest BCUT2D eigenvalue weighted by Gasteiger charge is -2.45. The summed E-state index contributed by atoms with van der Waals surface area (Å²) in [6, 6.07) is 10.1. The monoisotopic (exact) mass is 223 g/mol. The zero-order valence-corrected chi connectivity index (χ0v) is 10.3. The number of benzene rings is 1. The molecule has 1 aliphatic carbocycles. The van der Waals surface area contributed by atoms with E-state index in [1.165, 1.54) is 16.7 Å². The van der Waals surface area contributed by atoms with Crippen molar-refractivity contribution in [1.82, 2.24) is 0 Å². The van der Waals surface area contributed by atoms with E-state index in [1.807, 2.05) is 12.1 Å². The van der Waals surface area contributed by atoms with Gasteiger partial charge in [0.2, 0.25) is 0 Å². The second-order valence-electron chi connectivity index (χ2n) is 5.01. The summed E-state index contributed by atoms with van der Waals surface area (Å²) in [5.41, 5.74) is 4.56. The Morgan fingerprint density at radius 2 is 2.06 bits per heavy atom. The van der Waals surface area contributed by atoms with Gasteiger partial charge >= 0.3 is 0 Å². The van der Waals surface area contributed by atoms with Crippen molar-refractivity contribution in [2.45, 2.75) is 31.6 Å². The van der Waals surface area contributed by atoms with Gasteiger partial charge in [0.1, 0.15) is 0 Å². The molecule has 17 heavy (non-hydrogen) atoms. The van der Waals surface area contributed by atoms with Crippen LogP contribution in [0.4, 0.5) is 0 Å². The van der Waals surface area contributed by atoms with E-state index >= 15 is 0 Å². The van der Waals surface area contributed by atoms with Crippen molar-refractivity contribution in [3.63, 3.8) is 0 Å². The summed E-state index contributed by atoms with van der Waals surface area (Å²) in [6.45, 7) is 10.3. The quantitative estimate of drug-likeness (QED) is 0.707. The first-order chi connectivity index (χ1) is 8.08. The largest absolute Gasteiger partial charge is 0.192 e. The third kappa shape index (κ3) is 1.91. The lowest BCUT2D eigenvalue weighted by molar-refractivity contribution is 0.358. The zero-order valence-electron chi connectivity index (χ0n) is 10.3. The fraction of sp³-hybridized carbons (Fsp3) is 0.312. The second kappa shape index (κ2) is 4.22. The molecule has 0 aromatic heterocycles. The Morgan fingerprint density at radius 1 is 1.41 bits per heavy atom. The molecule has 0 aliphatic heterocycles. The molecular formula is C16H17N. The van der Waals surface area contributed by atoms with Crippen LogP contribution in [0.3, 0.4) is 0 Å². The van der Waals surface area contributed by atoms with Crippen LogP contribution in [-0.4, -0.2) is 0 Å². The standard InChI is InChI=1S/C16H17N/c1-12(2)10-16(9-8-13(16)3)15-6-4-14(11-17)5-7-15/h4-7H,1,3,8-10H2,2H3/t16-/m1/s1. The van der Waals surface area contributed by atoms with Crippen LogP contribution in [0.25, 0.3) is 0 Å². The SMILES string of the molecule is C=C(C)C[C@]1(c2ccc(C#N)cc2)CCC1=C. The van der Waals surface area contributed by atoms with Gasteiger partial charge in [0, 0.05) is 5.41 Å². The summed E-state index contributed by atoms with van der Waals surface area (Å²) in [4.78, 5) is 0. The number of nitriles is 1. The molecule has 0 N–H and O–H groups in total. The molecule has 0 heterocycles. The smallest absolute Gasteiger partial charge is 0.0991 e. The van der Waals surface area contributed by atoms with Crippen LogP contribution in [-0.2, 0) is 5.41 Å². The molecule has 0 radical (unpaired) electrons. The zero-order chi connectivity index (χ0) is 12.5. The molecule has 86 valence electrons. The maximum atomic E-state index is 8.82. The van der Waals surface area contributed by atoms with Crippen LogP contribution in [0.15, 0.2) is 48.6 Å². The predicted molar refractivity (Wildman–Crippen MR) is 70.6 cm³/mol. The molecule has 0 unspecified atom stereocenters. The summed E-state index contributed by atoms with van der Waals surface area (Å²) >= 11 is 0. The molecule has 0 bridgehead atoms. The average Bonchev–Trinajstić information content (AvgIpc) is 2.34. The van der Waals surface area contributed by atoms with E-state index < -0.39 is 0 Å². The molecule has 0 saturated heterocycles. The Hall–Kier alpha value is -1.81. The van der Waals surface area contributed by atoms with Crippen LogP contribution in [0.5, 0.6) is 0 Å². The van der Waals surface area contributed by atoms with Crippen molar-refractivity contribution in [2.75, 3.05) is 0 Å². The molecule has 2 rings (SSSR count). The summed E-state index contributed by atoms with van der Waals surface area (Å²) in [5.74, 6) is 0. The van der Waals surface area contributed by atoms with Crippen molar-refractivity contribution in [2.24, 2.45) is 0 Å². The van der Waals surface area contributed by atoms with Gasteiger partial charge in [-0.3, -0.25) is 0 Å². The van der Waals surface area contributed by atoms with E-state index in [9.17, 15) is 0 Å². The maximum absolute atomic E-state index is 8.82. The van der Waals surface area contributed by atoms with Gasteiger partial charge in [0.05, 0.1) is 11.6 Å². The summed E-state index contributed by atoms with van der Waals surface area (Å²) in [6.07, 6.45) is 3.22. The Labute approximate surface area is 103 Å². The normalized spacial score (nSPS) is 22.7. The topological polar surface area (TPSA) is 23.8 Å². The molecule has 1 saturated carbocycles. The Morgan fingerprint density at radius 3 is 2.41 bits per heavy atom. The highest BCUT2D eigenvalue weighted by molar-refractivity contribution is 5.44. The van der Waals surface area contributed by atoms with Crippen molar-refractivity contribution in [3.8, 4) is 6.07 Å². The number of hydrogen-bond donors (Lipinski definition) is 0. The molecule has 1 fully saturated rings. The van der Waals surface area contributed by atoms with E-state index in [0.717, 1.165) is 19.3 Å². The number of hydrogen-bond acceptors (Lipinski definition) is 1. The summed E-state index contributed by atoms with van der Waals surface area (Å²) < 4.78 is 0. The van der Waals surface area contributed by atoms with Crippen molar-refractivity contribution < 1.29 is 0 Å². The lowest BCUT2D eigenvalue weighted by atomic mass is 9.58. The van der Waals surface area contributed by atoms with E-state index in [2.05, 4.69) is 38.3 Å². The molecule has 1 atom stereocenters. The number of allylic oxidation sites excluding steroid dienone is 2. The van der Waals surface area contributed by atoms with Gasteiger partial charge in [-0.15, -0.1) is 6.58 Å². The van der Waals surface area contributed by atoms with Crippen molar-refractivity contribution in [3.05, 3.63) is 59.7 Å². The minimum Gasteiger partial charge on any atom is -0.192 e.